The predicted octanol–water partition coefficient (Wildman–Crippen LogP) is 2.33. The lowest BCUT2D eigenvalue weighted by atomic mass is 10.0. The fraction of sp³-hybridized carbons (Fsp3) is 0.500. The van der Waals surface area contributed by atoms with Crippen molar-refractivity contribution in [2.75, 3.05) is 6.54 Å². The Hall–Kier alpha value is -2.57. The summed E-state index contributed by atoms with van der Waals surface area (Å²) in [5.41, 5.74) is 0.216. The lowest BCUT2D eigenvalue weighted by Crippen LogP contribution is -2.47. The van der Waals surface area contributed by atoms with E-state index in [1.54, 1.807) is 20.8 Å². The minimum Gasteiger partial charge on any atom is -0.480 e. The number of alkyl carbamates (subject to hydrolysis) is 1. The number of carboxylic acid groups (broad SMARTS) is 1. The van der Waals surface area contributed by atoms with E-state index < -0.39 is 29.6 Å². The second-order valence-corrected chi connectivity index (χ2v) is 7.01. The third-order valence-electron chi connectivity index (χ3n) is 3.93. The summed E-state index contributed by atoms with van der Waals surface area (Å²) in [5, 5.41) is 11.8. The second kappa shape index (κ2) is 7.55. The van der Waals surface area contributed by atoms with E-state index in [1.165, 1.54) is 4.90 Å². The summed E-state index contributed by atoms with van der Waals surface area (Å²) in [6.45, 7) is 4.87. The Morgan fingerprint density at radius 3 is 2.40 bits per heavy atom. The molecule has 7 heteroatoms. The second-order valence-electron chi connectivity index (χ2n) is 7.01. The minimum atomic E-state index is -1.04. The van der Waals surface area contributed by atoms with Crippen LogP contribution in [0, 0.1) is 0 Å². The summed E-state index contributed by atoms with van der Waals surface area (Å²) in [5.74, 6) is -1.48. The first-order valence-corrected chi connectivity index (χ1v) is 8.25. The Balaban J connectivity index is 2.09. The number of likely N-dealkylation sites (tertiary alicyclic amines) is 1. The number of aliphatic carboxylic acids is 1. The molecule has 0 bridgehead atoms. The molecule has 0 aliphatic carbocycles. The fourth-order valence-corrected chi connectivity index (χ4v) is 2.96. The van der Waals surface area contributed by atoms with Crippen LogP contribution < -0.4 is 5.32 Å². The van der Waals surface area contributed by atoms with Crippen molar-refractivity contribution in [2.45, 2.75) is 51.3 Å². The lowest BCUT2D eigenvalue weighted by Gasteiger charge is -2.29. The molecule has 2 atom stereocenters. The van der Waals surface area contributed by atoms with E-state index in [-0.39, 0.29) is 12.6 Å². The Morgan fingerprint density at radius 2 is 1.84 bits per heavy atom. The highest BCUT2D eigenvalue weighted by Gasteiger charge is 2.41. The quantitative estimate of drug-likeness (QED) is 0.870. The molecule has 2 rings (SSSR count). The molecule has 1 fully saturated rings. The number of nitrogens with one attached hydrogen (secondary N) is 1. The van der Waals surface area contributed by atoms with E-state index >= 15 is 0 Å². The number of hydrogen-bond donors (Lipinski definition) is 2. The zero-order chi connectivity index (χ0) is 18.6. The van der Waals surface area contributed by atoms with Crippen LogP contribution in [0.5, 0.6) is 0 Å². The van der Waals surface area contributed by atoms with Gasteiger partial charge in [-0.15, -0.1) is 0 Å². The maximum atomic E-state index is 12.6. The largest absolute Gasteiger partial charge is 0.480 e. The molecule has 0 aromatic heterocycles. The van der Waals surface area contributed by atoms with E-state index in [2.05, 4.69) is 5.32 Å². The SMILES string of the molecule is CC(C)(C)OC(=O)NCC(=O)N1C(C(=O)O)CCC1c1ccccc1. The number of carbonyl (C=O) groups excluding carboxylic acids is 2. The first-order chi connectivity index (χ1) is 11.7. The van der Waals surface area contributed by atoms with Gasteiger partial charge in [0.2, 0.25) is 5.91 Å². The molecule has 2 unspecified atom stereocenters. The molecule has 136 valence electrons. The minimum absolute atomic E-state index is 0.304. The Kier molecular flexibility index (Phi) is 5.66. The summed E-state index contributed by atoms with van der Waals surface area (Å²) in [4.78, 5) is 37.2. The van der Waals surface area contributed by atoms with Crippen LogP contribution in [0.1, 0.15) is 45.2 Å². The summed E-state index contributed by atoms with van der Waals surface area (Å²) < 4.78 is 5.10. The Bertz CT molecular complexity index is 639. The number of carboxylic acids is 1. The van der Waals surface area contributed by atoms with Gasteiger partial charge < -0.3 is 20.1 Å². The normalized spacial score (nSPS) is 20.2. The van der Waals surface area contributed by atoms with Crippen LogP contribution in [0.15, 0.2) is 30.3 Å². The zero-order valence-corrected chi connectivity index (χ0v) is 14.7. The van der Waals surface area contributed by atoms with Crippen molar-refractivity contribution in [2.24, 2.45) is 0 Å². The summed E-state index contributed by atoms with van der Waals surface area (Å²) in [6, 6.07) is 8.11. The topological polar surface area (TPSA) is 95.9 Å². The van der Waals surface area contributed by atoms with Crippen molar-refractivity contribution in [3.05, 3.63) is 35.9 Å². The zero-order valence-electron chi connectivity index (χ0n) is 14.7. The van der Waals surface area contributed by atoms with Crippen LogP contribution in [0.4, 0.5) is 4.79 Å². The molecule has 1 saturated heterocycles. The smallest absolute Gasteiger partial charge is 0.408 e. The molecule has 1 heterocycles. The van der Waals surface area contributed by atoms with Gasteiger partial charge in [0.25, 0.3) is 0 Å². The molecular weight excluding hydrogens is 324 g/mol. The van der Waals surface area contributed by atoms with Gasteiger partial charge in [0.05, 0.1) is 6.04 Å². The highest BCUT2D eigenvalue weighted by molar-refractivity contribution is 5.87. The number of rotatable bonds is 4. The standard InChI is InChI=1S/C18H24N2O5/c1-18(2,3)25-17(24)19-11-15(21)20-13(9-10-14(20)16(22)23)12-7-5-4-6-8-12/h4-8,13-14H,9-11H2,1-3H3,(H,19,24)(H,22,23). The summed E-state index contributed by atoms with van der Waals surface area (Å²) in [6.07, 6.45) is 0.245. The van der Waals surface area contributed by atoms with Crippen molar-refractivity contribution in [3.63, 3.8) is 0 Å². The number of amides is 2. The number of nitrogens with zero attached hydrogens (tertiary/aromatic N) is 1. The van der Waals surface area contributed by atoms with Gasteiger partial charge in [0, 0.05) is 0 Å². The van der Waals surface area contributed by atoms with E-state index in [9.17, 15) is 19.5 Å². The van der Waals surface area contributed by atoms with Gasteiger partial charge in [-0.05, 0) is 39.2 Å². The third-order valence-corrected chi connectivity index (χ3v) is 3.93. The number of benzene rings is 1. The van der Waals surface area contributed by atoms with Crippen LogP contribution in [0.25, 0.3) is 0 Å². The molecule has 1 aromatic carbocycles. The summed E-state index contributed by atoms with van der Waals surface area (Å²) >= 11 is 0. The van der Waals surface area contributed by atoms with E-state index in [1.807, 2.05) is 30.3 Å². The monoisotopic (exact) mass is 348 g/mol. The van der Waals surface area contributed by atoms with Crippen molar-refractivity contribution in [3.8, 4) is 0 Å². The van der Waals surface area contributed by atoms with E-state index in [4.69, 9.17) is 4.74 Å². The van der Waals surface area contributed by atoms with Crippen LogP contribution in [0.3, 0.4) is 0 Å². The van der Waals surface area contributed by atoms with Crippen molar-refractivity contribution < 1.29 is 24.2 Å². The maximum Gasteiger partial charge on any atom is 0.408 e. The number of ether oxygens (including phenoxy) is 1. The van der Waals surface area contributed by atoms with Crippen molar-refractivity contribution in [1.29, 1.82) is 0 Å². The van der Waals surface area contributed by atoms with Crippen molar-refractivity contribution >= 4 is 18.0 Å². The average Bonchev–Trinajstić information content (AvgIpc) is 2.97. The molecule has 25 heavy (non-hydrogen) atoms. The van der Waals surface area contributed by atoms with Gasteiger partial charge >= 0.3 is 12.1 Å². The first-order valence-electron chi connectivity index (χ1n) is 8.25. The number of carbonyl (C=O) groups is 3. The molecule has 2 amide bonds. The van der Waals surface area contributed by atoms with E-state index in [0.29, 0.717) is 12.8 Å². The Labute approximate surface area is 147 Å². The van der Waals surface area contributed by atoms with Crippen LogP contribution in [0.2, 0.25) is 0 Å². The fourth-order valence-electron chi connectivity index (χ4n) is 2.96. The first kappa shape index (κ1) is 18.8. The van der Waals surface area contributed by atoms with Crippen LogP contribution in [-0.4, -0.2) is 46.2 Å². The molecule has 0 saturated carbocycles. The molecule has 1 aliphatic rings. The highest BCUT2D eigenvalue weighted by atomic mass is 16.6. The molecule has 1 aromatic rings. The molecule has 2 N–H and O–H groups in total. The lowest BCUT2D eigenvalue weighted by molar-refractivity contribution is -0.149. The van der Waals surface area contributed by atoms with Gasteiger partial charge in [-0.2, -0.15) is 0 Å². The third kappa shape index (κ3) is 4.95. The molecule has 0 radical (unpaired) electrons. The average molecular weight is 348 g/mol. The molecular formula is C18H24N2O5. The van der Waals surface area contributed by atoms with E-state index in [0.717, 1.165) is 5.56 Å². The van der Waals surface area contributed by atoms with Gasteiger partial charge in [0.15, 0.2) is 0 Å². The summed E-state index contributed by atoms with van der Waals surface area (Å²) in [7, 11) is 0. The predicted molar refractivity (Wildman–Crippen MR) is 90.9 cm³/mol. The highest BCUT2D eigenvalue weighted by Crippen LogP contribution is 2.36. The van der Waals surface area contributed by atoms with Crippen LogP contribution in [-0.2, 0) is 14.3 Å². The van der Waals surface area contributed by atoms with Crippen LogP contribution >= 0.6 is 0 Å². The molecule has 7 nitrogen and oxygen atoms in total. The maximum absolute atomic E-state index is 12.6. The molecule has 0 spiro atoms. The van der Waals surface area contributed by atoms with Gasteiger partial charge in [-0.25, -0.2) is 9.59 Å². The van der Waals surface area contributed by atoms with Gasteiger partial charge in [-0.3, -0.25) is 4.79 Å². The van der Waals surface area contributed by atoms with Gasteiger partial charge in [0.1, 0.15) is 18.2 Å². The Morgan fingerprint density at radius 1 is 1.20 bits per heavy atom. The van der Waals surface area contributed by atoms with Crippen molar-refractivity contribution in [1.82, 2.24) is 10.2 Å². The van der Waals surface area contributed by atoms with Gasteiger partial charge in [-0.1, -0.05) is 30.3 Å². The molecule has 1 aliphatic heterocycles. The number of hydrogen-bond acceptors (Lipinski definition) is 4.